The summed E-state index contributed by atoms with van der Waals surface area (Å²) in [6.07, 6.45) is 4.39. The van der Waals surface area contributed by atoms with Crippen LogP contribution in [0.5, 0.6) is 5.75 Å². The minimum atomic E-state index is -3.86. The molecule has 1 aromatic rings. The number of halogens is 1. The zero-order valence-corrected chi connectivity index (χ0v) is 15.4. The Labute approximate surface area is 152 Å². The van der Waals surface area contributed by atoms with Crippen LogP contribution in [-0.4, -0.2) is 43.5 Å². The SMILES string of the molecule is O=C(O)C1CCCN(S(=O)(=O)c2cc(Cl)ccc2OCC2CCC2)C1. The second-order valence-electron chi connectivity index (χ2n) is 6.74. The molecular formula is C17H22ClNO5S. The summed E-state index contributed by atoms with van der Waals surface area (Å²) in [6, 6.07) is 4.57. The van der Waals surface area contributed by atoms with Crippen molar-refractivity contribution in [1.29, 1.82) is 0 Å². The Morgan fingerprint density at radius 3 is 2.68 bits per heavy atom. The number of hydrogen-bond acceptors (Lipinski definition) is 4. The fourth-order valence-electron chi connectivity index (χ4n) is 3.17. The van der Waals surface area contributed by atoms with Crippen LogP contribution in [0.15, 0.2) is 23.1 Å². The van der Waals surface area contributed by atoms with E-state index in [0.29, 0.717) is 36.9 Å². The highest BCUT2D eigenvalue weighted by Crippen LogP contribution is 2.34. The molecule has 1 saturated heterocycles. The average molecular weight is 388 g/mol. The summed E-state index contributed by atoms with van der Waals surface area (Å²) in [5.41, 5.74) is 0. The number of rotatable bonds is 6. The van der Waals surface area contributed by atoms with Crippen LogP contribution in [0.3, 0.4) is 0 Å². The molecule has 1 unspecified atom stereocenters. The summed E-state index contributed by atoms with van der Waals surface area (Å²) in [6.45, 7) is 0.773. The summed E-state index contributed by atoms with van der Waals surface area (Å²) in [5.74, 6) is -0.888. The molecule has 1 heterocycles. The number of hydrogen-bond donors (Lipinski definition) is 1. The van der Waals surface area contributed by atoms with Crippen molar-refractivity contribution in [2.24, 2.45) is 11.8 Å². The monoisotopic (exact) mass is 387 g/mol. The van der Waals surface area contributed by atoms with Crippen LogP contribution in [0.2, 0.25) is 5.02 Å². The third-order valence-electron chi connectivity index (χ3n) is 4.96. The van der Waals surface area contributed by atoms with E-state index in [1.807, 2.05) is 0 Å². The number of carbonyl (C=O) groups is 1. The van der Waals surface area contributed by atoms with Gasteiger partial charge in [0.15, 0.2) is 0 Å². The molecule has 1 aliphatic heterocycles. The molecule has 1 atom stereocenters. The Kier molecular flexibility index (Phi) is 5.55. The normalized spacial score (nSPS) is 22.4. The standard InChI is InChI=1S/C17H22ClNO5S/c18-14-6-7-15(24-11-12-3-1-4-12)16(9-14)25(22,23)19-8-2-5-13(10-19)17(20)21/h6-7,9,12-13H,1-5,8,10-11H2,(H,20,21). The van der Waals surface area contributed by atoms with Gasteiger partial charge in [0.05, 0.1) is 12.5 Å². The van der Waals surface area contributed by atoms with Crippen LogP contribution in [0.25, 0.3) is 0 Å². The van der Waals surface area contributed by atoms with Gasteiger partial charge in [0.1, 0.15) is 10.6 Å². The first-order chi connectivity index (χ1) is 11.9. The summed E-state index contributed by atoms with van der Waals surface area (Å²) in [4.78, 5) is 11.3. The predicted octanol–water partition coefficient (Wildman–Crippen LogP) is 3.00. The first kappa shape index (κ1) is 18.5. The lowest BCUT2D eigenvalue weighted by Gasteiger charge is -2.31. The average Bonchev–Trinajstić information content (AvgIpc) is 2.54. The lowest BCUT2D eigenvalue weighted by atomic mass is 9.86. The van der Waals surface area contributed by atoms with E-state index in [1.54, 1.807) is 12.1 Å². The third-order valence-corrected chi connectivity index (χ3v) is 7.08. The lowest BCUT2D eigenvalue weighted by Crippen LogP contribution is -2.42. The van der Waals surface area contributed by atoms with Gasteiger partial charge in [0, 0.05) is 18.1 Å². The Morgan fingerprint density at radius 2 is 2.04 bits per heavy atom. The minimum absolute atomic E-state index is 0.0189. The second-order valence-corrected chi connectivity index (χ2v) is 9.08. The zero-order valence-electron chi connectivity index (χ0n) is 13.9. The van der Waals surface area contributed by atoms with Crippen molar-refractivity contribution in [2.45, 2.75) is 37.0 Å². The summed E-state index contributed by atoms with van der Waals surface area (Å²) < 4.78 is 33.1. The highest BCUT2D eigenvalue weighted by molar-refractivity contribution is 7.89. The Hall–Kier alpha value is -1.31. The van der Waals surface area contributed by atoms with Crippen LogP contribution in [-0.2, 0) is 14.8 Å². The van der Waals surface area contributed by atoms with E-state index in [4.69, 9.17) is 16.3 Å². The van der Waals surface area contributed by atoms with Gasteiger partial charge >= 0.3 is 5.97 Å². The number of nitrogens with zero attached hydrogens (tertiary/aromatic N) is 1. The molecule has 1 aliphatic carbocycles. The summed E-state index contributed by atoms with van der Waals surface area (Å²) in [7, 11) is -3.86. The first-order valence-electron chi connectivity index (χ1n) is 8.53. The van der Waals surface area contributed by atoms with E-state index < -0.39 is 21.9 Å². The third kappa shape index (κ3) is 4.10. The Balaban J connectivity index is 1.84. The van der Waals surface area contributed by atoms with E-state index in [1.165, 1.54) is 16.8 Å². The molecule has 1 aromatic carbocycles. The van der Waals surface area contributed by atoms with Gasteiger partial charge in [-0.05, 0) is 49.8 Å². The van der Waals surface area contributed by atoms with Crippen molar-refractivity contribution in [3.05, 3.63) is 23.2 Å². The van der Waals surface area contributed by atoms with Crippen LogP contribution < -0.4 is 4.74 Å². The predicted molar refractivity (Wildman–Crippen MR) is 93.4 cm³/mol. The number of piperidine rings is 1. The molecule has 1 N–H and O–H groups in total. The van der Waals surface area contributed by atoms with Crippen LogP contribution in [0, 0.1) is 11.8 Å². The molecule has 138 valence electrons. The number of sulfonamides is 1. The van der Waals surface area contributed by atoms with Crippen LogP contribution in [0.1, 0.15) is 32.1 Å². The molecular weight excluding hydrogens is 366 g/mol. The molecule has 2 aliphatic rings. The fraction of sp³-hybridized carbons (Fsp3) is 0.588. The van der Waals surface area contributed by atoms with Gasteiger partial charge in [-0.2, -0.15) is 4.31 Å². The molecule has 3 rings (SSSR count). The van der Waals surface area contributed by atoms with Gasteiger partial charge in [-0.25, -0.2) is 8.42 Å². The largest absolute Gasteiger partial charge is 0.492 e. The maximum Gasteiger partial charge on any atom is 0.307 e. The number of aliphatic carboxylic acids is 1. The molecule has 0 aromatic heterocycles. The molecule has 0 spiro atoms. The van der Waals surface area contributed by atoms with E-state index in [0.717, 1.165) is 12.8 Å². The Bertz CT molecular complexity index is 747. The van der Waals surface area contributed by atoms with Gasteiger partial charge in [-0.3, -0.25) is 4.79 Å². The van der Waals surface area contributed by atoms with E-state index in [2.05, 4.69) is 0 Å². The van der Waals surface area contributed by atoms with Gasteiger partial charge in [-0.1, -0.05) is 18.0 Å². The number of carboxylic acids is 1. The second kappa shape index (κ2) is 7.51. The number of benzene rings is 1. The number of ether oxygens (including phenoxy) is 1. The zero-order chi connectivity index (χ0) is 18.0. The molecule has 0 bridgehead atoms. The van der Waals surface area contributed by atoms with Crippen molar-refractivity contribution in [2.75, 3.05) is 19.7 Å². The van der Waals surface area contributed by atoms with Crippen molar-refractivity contribution in [1.82, 2.24) is 4.31 Å². The van der Waals surface area contributed by atoms with Crippen molar-refractivity contribution >= 4 is 27.6 Å². The van der Waals surface area contributed by atoms with Gasteiger partial charge in [0.2, 0.25) is 10.0 Å². The lowest BCUT2D eigenvalue weighted by molar-refractivity contribution is -0.142. The molecule has 8 heteroatoms. The van der Waals surface area contributed by atoms with Gasteiger partial charge < -0.3 is 9.84 Å². The topological polar surface area (TPSA) is 83.9 Å². The molecule has 1 saturated carbocycles. The summed E-state index contributed by atoms with van der Waals surface area (Å²) >= 11 is 6.01. The molecule has 0 amide bonds. The van der Waals surface area contributed by atoms with Gasteiger partial charge in [-0.15, -0.1) is 0 Å². The first-order valence-corrected chi connectivity index (χ1v) is 10.3. The summed E-state index contributed by atoms with van der Waals surface area (Å²) in [5, 5.41) is 9.51. The smallest absolute Gasteiger partial charge is 0.307 e. The van der Waals surface area contributed by atoms with Crippen molar-refractivity contribution < 1.29 is 23.1 Å². The van der Waals surface area contributed by atoms with E-state index in [9.17, 15) is 18.3 Å². The number of carboxylic acid groups (broad SMARTS) is 1. The molecule has 6 nitrogen and oxygen atoms in total. The highest BCUT2D eigenvalue weighted by Gasteiger charge is 2.35. The highest BCUT2D eigenvalue weighted by atomic mass is 35.5. The van der Waals surface area contributed by atoms with E-state index >= 15 is 0 Å². The van der Waals surface area contributed by atoms with Crippen LogP contribution >= 0.6 is 11.6 Å². The molecule has 25 heavy (non-hydrogen) atoms. The molecule has 2 fully saturated rings. The van der Waals surface area contributed by atoms with Gasteiger partial charge in [0.25, 0.3) is 0 Å². The minimum Gasteiger partial charge on any atom is -0.492 e. The fourth-order valence-corrected chi connectivity index (χ4v) is 5.09. The molecule has 0 radical (unpaired) electrons. The maximum atomic E-state index is 13.1. The van der Waals surface area contributed by atoms with Crippen molar-refractivity contribution in [3.8, 4) is 5.75 Å². The maximum absolute atomic E-state index is 13.1. The quantitative estimate of drug-likeness (QED) is 0.811. The van der Waals surface area contributed by atoms with Crippen LogP contribution in [0.4, 0.5) is 0 Å². The van der Waals surface area contributed by atoms with Crippen molar-refractivity contribution in [3.63, 3.8) is 0 Å². The Morgan fingerprint density at radius 1 is 1.28 bits per heavy atom. The van der Waals surface area contributed by atoms with E-state index in [-0.39, 0.29) is 17.2 Å².